The first-order valence-corrected chi connectivity index (χ1v) is 5.94. The lowest BCUT2D eigenvalue weighted by atomic mass is 9.87. The minimum atomic E-state index is -2.07. The molecule has 1 unspecified atom stereocenters. The number of carboxylic acid groups (broad SMARTS) is 1. The Bertz CT molecular complexity index is 671. The highest BCUT2D eigenvalue weighted by atomic mass is 19.1. The highest BCUT2D eigenvalue weighted by molar-refractivity contribution is 5.87. The molecule has 0 bridgehead atoms. The first-order valence-electron chi connectivity index (χ1n) is 5.94. The summed E-state index contributed by atoms with van der Waals surface area (Å²) in [4.78, 5) is 10.7. The Morgan fingerprint density at radius 2 is 1.52 bits per heavy atom. The third kappa shape index (κ3) is 2.75. The molecule has 0 aliphatic carbocycles. The second-order valence-corrected chi connectivity index (χ2v) is 4.70. The van der Waals surface area contributed by atoms with E-state index in [1.54, 1.807) is 0 Å². The summed E-state index contributed by atoms with van der Waals surface area (Å²) in [6, 6.07) is 5.73. The molecule has 0 radical (unpaired) electrons. The van der Waals surface area contributed by atoms with Crippen LogP contribution in [0, 0.1) is 17.5 Å². The molecule has 2 N–H and O–H groups in total. The predicted octanol–water partition coefficient (Wildman–Crippen LogP) is 3.06. The van der Waals surface area contributed by atoms with Crippen LogP contribution in [0.2, 0.25) is 0 Å². The molecule has 0 fully saturated rings. The van der Waals surface area contributed by atoms with Crippen molar-refractivity contribution in [2.24, 2.45) is 0 Å². The molecule has 0 heterocycles. The number of hydrogen-bond donors (Lipinski definition) is 2. The van der Waals surface area contributed by atoms with E-state index in [4.69, 9.17) is 5.11 Å². The van der Waals surface area contributed by atoms with E-state index in [-0.39, 0.29) is 5.56 Å². The van der Waals surface area contributed by atoms with E-state index >= 15 is 0 Å². The first kappa shape index (κ1) is 15.1. The van der Waals surface area contributed by atoms with Gasteiger partial charge in [0.05, 0.1) is 11.1 Å². The first-order chi connectivity index (χ1) is 9.73. The standard InChI is InChI=1S/C15H11F3O3/c1-15(21,9-2-4-10(16)5-3-9)13-11(17)6-8(14(19)20)7-12(13)18/h2-7,21H,1H3,(H,19,20). The minimum Gasteiger partial charge on any atom is -0.478 e. The van der Waals surface area contributed by atoms with Crippen molar-refractivity contribution < 1.29 is 28.2 Å². The maximum atomic E-state index is 14.0. The number of aliphatic hydroxyl groups is 1. The molecule has 2 aromatic carbocycles. The molecule has 0 aliphatic rings. The van der Waals surface area contributed by atoms with Crippen LogP contribution in [0.1, 0.15) is 28.4 Å². The van der Waals surface area contributed by atoms with E-state index in [9.17, 15) is 23.1 Å². The second-order valence-electron chi connectivity index (χ2n) is 4.70. The SMILES string of the molecule is CC(O)(c1ccc(F)cc1)c1c(F)cc(C(=O)O)cc1F. The van der Waals surface area contributed by atoms with Crippen LogP contribution in [-0.2, 0) is 5.60 Å². The number of hydrogen-bond acceptors (Lipinski definition) is 2. The average molecular weight is 296 g/mol. The fraction of sp³-hybridized carbons (Fsp3) is 0.133. The summed E-state index contributed by atoms with van der Waals surface area (Å²) in [5, 5.41) is 19.1. The quantitative estimate of drug-likeness (QED) is 0.915. The molecule has 2 aromatic rings. The zero-order chi connectivity index (χ0) is 15.8. The third-order valence-electron chi connectivity index (χ3n) is 3.18. The predicted molar refractivity (Wildman–Crippen MR) is 68.4 cm³/mol. The number of carbonyl (C=O) groups is 1. The maximum Gasteiger partial charge on any atom is 0.335 e. The molecule has 3 nitrogen and oxygen atoms in total. The zero-order valence-corrected chi connectivity index (χ0v) is 10.9. The van der Waals surface area contributed by atoms with Crippen molar-refractivity contribution in [1.82, 2.24) is 0 Å². The smallest absolute Gasteiger partial charge is 0.335 e. The van der Waals surface area contributed by atoms with Gasteiger partial charge in [-0.2, -0.15) is 0 Å². The second kappa shape index (κ2) is 5.21. The van der Waals surface area contributed by atoms with Gasteiger partial charge in [0.1, 0.15) is 23.1 Å². The Morgan fingerprint density at radius 1 is 1.05 bits per heavy atom. The summed E-state index contributed by atoms with van der Waals surface area (Å²) in [7, 11) is 0. The molecule has 21 heavy (non-hydrogen) atoms. The molecular formula is C15H11F3O3. The van der Waals surface area contributed by atoms with E-state index in [1.807, 2.05) is 0 Å². The van der Waals surface area contributed by atoms with Gasteiger partial charge in [-0.15, -0.1) is 0 Å². The minimum absolute atomic E-state index is 0.0739. The van der Waals surface area contributed by atoms with Crippen molar-refractivity contribution in [3.8, 4) is 0 Å². The fourth-order valence-electron chi connectivity index (χ4n) is 2.08. The molecule has 1 atom stereocenters. The van der Waals surface area contributed by atoms with Crippen molar-refractivity contribution >= 4 is 5.97 Å². The number of carboxylic acids is 1. The lowest BCUT2D eigenvalue weighted by Gasteiger charge is -2.25. The van der Waals surface area contributed by atoms with Gasteiger partial charge in [-0.3, -0.25) is 0 Å². The molecule has 0 saturated carbocycles. The van der Waals surface area contributed by atoms with Gasteiger partial charge in [0.15, 0.2) is 0 Å². The van der Waals surface area contributed by atoms with Crippen LogP contribution in [0.4, 0.5) is 13.2 Å². The summed E-state index contributed by atoms with van der Waals surface area (Å²) >= 11 is 0. The van der Waals surface area contributed by atoms with Gasteiger partial charge in [-0.1, -0.05) is 12.1 Å². The fourth-order valence-corrected chi connectivity index (χ4v) is 2.08. The Balaban J connectivity index is 2.59. The van der Waals surface area contributed by atoms with E-state index in [1.165, 1.54) is 12.1 Å². The van der Waals surface area contributed by atoms with Crippen LogP contribution in [0.15, 0.2) is 36.4 Å². The molecule has 0 aromatic heterocycles. The number of rotatable bonds is 3. The zero-order valence-electron chi connectivity index (χ0n) is 10.9. The summed E-state index contributed by atoms with van der Waals surface area (Å²) in [5.74, 6) is -4.43. The van der Waals surface area contributed by atoms with Gasteiger partial charge in [0.2, 0.25) is 0 Å². The molecule has 6 heteroatoms. The van der Waals surface area contributed by atoms with Crippen LogP contribution in [0.3, 0.4) is 0 Å². The van der Waals surface area contributed by atoms with Crippen molar-refractivity contribution in [1.29, 1.82) is 0 Å². The highest BCUT2D eigenvalue weighted by Gasteiger charge is 2.33. The lowest BCUT2D eigenvalue weighted by Crippen LogP contribution is -2.26. The van der Waals surface area contributed by atoms with E-state index in [0.29, 0.717) is 12.1 Å². The number of halogens is 3. The Hall–Kier alpha value is -2.34. The Morgan fingerprint density at radius 3 is 1.95 bits per heavy atom. The molecule has 0 aliphatic heterocycles. The van der Waals surface area contributed by atoms with Crippen molar-refractivity contribution in [3.05, 3.63) is 70.5 Å². The lowest BCUT2D eigenvalue weighted by molar-refractivity contribution is 0.0692. The molecule has 0 spiro atoms. The summed E-state index contributed by atoms with van der Waals surface area (Å²) < 4.78 is 40.9. The Labute approximate surface area is 118 Å². The Kier molecular flexibility index (Phi) is 3.74. The number of benzene rings is 2. The highest BCUT2D eigenvalue weighted by Crippen LogP contribution is 2.33. The topological polar surface area (TPSA) is 57.5 Å². The summed E-state index contributed by atoms with van der Waals surface area (Å²) in [5.41, 5.74) is -3.26. The summed E-state index contributed by atoms with van der Waals surface area (Å²) in [6.07, 6.45) is 0. The molecule has 2 rings (SSSR count). The molecule has 0 amide bonds. The number of aromatic carboxylic acids is 1. The maximum absolute atomic E-state index is 14.0. The van der Waals surface area contributed by atoms with Crippen LogP contribution in [-0.4, -0.2) is 16.2 Å². The van der Waals surface area contributed by atoms with Gasteiger partial charge < -0.3 is 10.2 Å². The molecule has 0 saturated heterocycles. The average Bonchev–Trinajstić information content (AvgIpc) is 2.37. The summed E-state index contributed by atoms with van der Waals surface area (Å²) in [6.45, 7) is 1.14. The van der Waals surface area contributed by atoms with Crippen LogP contribution < -0.4 is 0 Å². The van der Waals surface area contributed by atoms with Gasteiger partial charge in [0, 0.05) is 0 Å². The molecule has 110 valence electrons. The monoisotopic (exact) mass is 296 g/mol. The van der Waals surface area contributed by atoms with Gasteiger partial charge in [-0.05, 0) is 36.8 Å². The van der Waals surface area contributed by atoms with Crippen molar-refractivity contribution in [2.45, 2.75) is 12.5 Å². The van der Waals surface area contributed by atoms with E-state index in [0.717, 1.165) is 19.1 Å². The van der Waals surface area contributed by atoms with Crippen LogP contribution >= 0.6 is 0 Å². The third-order valence-corrected chi connectivity index (χ3v) is 3.18. The van der Waals surface area contributed by atoms with E-state index < -0.39 is 40.1 Å². The largest absolute Gasteiger partial charge is 0.478 e. The normalized spacial score (nSPS) is 13.8. The molecular weight excluding hydrogens is 285 g/mol. The van der Waals surface area contributed by atoms with Gasteiger partial charge in [-0.25, -0.2) is 18.0 Å². The van der Waals surface area contributed by atoms with Gasteiger partial charge >= 0.3 is 5.97 Å². The van der Waals surface area contributed by atoms with Gasteiger partial charge in [0.25, 0.3) is 0 Å². The van der Waals surface area contributed by atoms with E-state index in [2.05, 4.69) is 0 Å². The van der Waals surface area contributed by atoms with Crippen LogP contribution in [0.25, 0.3) is 0 Å². The van der Waals surface area contributed by atoms with Crippen LogP contribution in [0.5, 0.6) is 0 Å². The van der Waals surface area contributed by atoms with Crippen molar-refractivity contribution in [2.75, 3.05) is 0 Å². The van der Waals surface area contributed by atoms with Crippen molar-refractivity contribution in [3.63, 3.8) is 0 Å².